The van der Waals surface area contributed by atoms with E-state index in [1.54, 1.807) is 18.6 Å². The van der Waals surface area contributed by atoms with Crippen molar-refractivity contribution in [3.63, 3.8) is 0 Å². The van der Waals surface area contributed by atoms with Crippen LogP contribution in [0.4, 0.5) is 0 Å². The van der Waals surface area contributed by atoms with Gasteiger partial charge in [0.25, 0.3) is 10.1 Å². The summed E-state index contributed by atoms with van der Waals surface area (Å²) in [5, 5.41) is 0. The van der Waals surface area contributed by atoms with Crippen molar-refractivity contribution in [3.8, 4) is 0 Å². The van der Waals surface area contributed by atoms with Crippen LogP contribution in [0.25, 0.3) is 0 Å². The van der Waals surface area contributed by atoms with Crippen molar-refractivity contribution in [3.05, 3.63) is 36.9 Å². The molecule has 0 unspecified atom stereocenters. The highest BCUT2D eigenvalue weighted by atomic mass is 32.2. The van der Waals surface area contributed by atoms with Gasteiger partial charge in [0, 0.05) is 18.6 Å². The molecule has 0 saturated heterocycles. The van der Waals surface area contributed by atoms with Gasteiger partial charge in [-0.3, -0.25) is 14.5 Å². The standard InChI is InChI=1S/C5H6N2.C3H6O3S/c1-5-4-6-2-3-7-5;1-2-3-7(4,5)6/h2-4H,1H3;2H,1,3H2,(H,4,5,6). The molecule has 0 amide bonds. The van der Waals surface area contributed by atoms with Gasteiger partial charge < -0.3 is 0 Å². The van der Waals surface area contributed by atoms with Crippen molar-refractivity contribution in [2.45, 2.75) is 6.92 Å². The van der Waals surface area contributed by atoms with E-state index in [1.165, 1.54) is 0 Å². The van der Waals surface area contributed by atoms with E-state index in [-0.39, 0.29) is 5.75 Å². The molecule has 1 heterocycles. The highest BCUT2D eigenvalue weighted by Crippen LogP contribution is 1.81. The van der Waals surface area contributed by atoms with E-state index in [2.05, 4.69) is 16.5 Å². The van der Waals surface area contributed by atoms with E-state index in [0.29, 0.717) is 0 Å². The molecule has 0 fully saturated rings. The summed E-state index contributed by atoms with van der Waals surface area (Å²) in [6.45, 7) is 5.02. The summed E-state index contributed by atoms with van der Waals surface area (Å²) in [7, 11) is -3.79. The lowest BCUT2D eigenvalue weighted by atomic mass is 10.5. The van der Waals surface area contributed by atoms with Gasteiger partial charge >= 0.3 is 0 Å². The average molecular weight is 216 g/mol. The Labute approximate surface area is 83.3 Å². The minimum Gasteiger partial charge on any atom is -0.285 e. The third-order valence-electron chi connectivity index (χ3n) is 1.02. The van der Waals surface area contributed by atoms with Gasteiger partial charge in [0.15, 0.2) is 0 Å². The van der Waals surface area contributed by atoms with Gasteiger partial charge in [0.1, 0.15) is 0 Å². The molecule has 0 aromatic carbocycles. The Balaban J connectivity index is 0.000000241. The SMILES string of the molecule is C=CCS(=O)(=O)O.Cc1cnccn1. The van der Waals surface area contributed by atoms with Crippen LogP contribution >= 0.6 is 0 Å². The van der Waals surface area contributed by atoms with E-state index in [4.69, 9.17) is 4.55 Å². The molecule has 0 aliphatic heterocycles. The van der Waals surface area contributed by atoms with Crippen molar-refractivity contribution in [2.75, 3.05) is 5.75 Å². The van der Waals surface area contributed by atoms with E-state index in [9.17, 15) is 8.42 Å². The van der Waals surface area contributed by atoms with Gasteiger partial charge in [-0.1, -0.05) is 6.08 Å². The minimum atomic E-state index is -3.79. The Morgan fingerprint density at radius 1 is 1.57 bits per heavy atom. The predicted octanol–water partition coefficient (Wildman–Crippen LogP) is 0.845. The van der Waals surface area contributed by atoms with Crippen LogP contribution in [-0.2, 0) is 10.1 Å². The van der Waals surface area contributed by atoms with Crippen LogP contribution in [0.3, 0.4) is 0 Å². The Kier molecular flexibility index (Phi) is 5.66. The van der Waals surface area contributed by atoms with E-state index in [1.807, 2.05) is 6.92 Å². The zero-order valence-electron chi connectivity index (χ0n) is 7.79. The van der Waals surface area contributed by atoms with Crippen LogP contribution in [0.1, 0.15) is 5.69 Å². The maximum atomic E-state index is 9.72. The van der Waals surface area contributed by atoms with Gasteiger partial charge in [0.05, 0.1) is 11.4 Å². The Morgan fingerprint density at radius 2 is 2.21 bits per heavy atom. The molecule has 14 heavy (non-hydrogen) atoms. The zero-order chi connectivity index (χ0) is 11.0. The summed E-state index contributed by atoms with van der Waals surface area (Å²) in [5.74, 6) is -0.368. The smallest absolute Gasteiger partial charge is 0.268 e. The fourth-order valence-electron chi connectivity index (χ4n) is 0.523. The van der Waals surface area contributed by atoms with Gasteiger partial charge in [-0.15, -0.1) is 6.58 Å². The Hall–Kier alpha value is -1.27. The van der Waals surface area contributed by atoms with Crippen LogP contribution in [0.2, 0.25) is 0 Å². The van der Waals surface area contributed by atoms with Crippen molar-refractivity contribution < 1.29 is 13.0 Å². The normalized spacial score (nSPS) is 9.86. The highest BCUT2D eigenvalue weighted by molar-refractivity contribution is 7.85. The third kappa shape index (κ3) is 8.82. The van der Waals surface area contributed by atoms with Crippen LogP contribution in [0.15, 0.2) is 31.2 Å². The second kappa shape index (κ2) is 6.22. The van der Waals surface area contributed by atoms with Crippen molar-refractivity contribution >= 4 is 10.1 Å². The van der Waals surface area contributed by atoms with Crippen LogP contribution in [0, 0.1) is 6.92 Å². The summed E-state index contributed by atoms with van der Waals surface area (Å²) in [6, 6.07) is 0. The van der Waals surface area contributed by atoms with E-state index < -0.39 is 10.1 Å². The molecular weight excluding hydrogens is 204 g/mol. The molecule has 0 atom stereocenters. The maximum Gasteiger partial charge on any atom is 0.268 e. The molecule has 0 saturated carbocycles. The lowest BCUT2D eigenvalue weighted by Gasteiger charge is -1.82. The number of hydrogen-bond acceptors (Lipinski definition) is 4. The molecule has 1 N–H and O–H groups in total. The monoisotopic (exact) mass is 216 g/mol. The average Bonchev–Trinajstić information content (AvgIpc) is 2.04. The molecule has 5 nitrogen and oxygen atoms in total. The second-order valence-electron chi connectivity index (χ2n) is 2.38. The summed E-state index contributed by atoms with van der Waals surface area (Å²) in [5.41, 5.74) is 0.961. The summed E-state index contributed by atoms with van der Waals surface area (Å²) in [4.78, 5) is 7.74. The zero-order valence-corrected chi connectivity index (χ0v) is 8.61. The number of aryl methyl sites for hydroxylation is 1. The Morgan fingerprint density at radius 3 is 2.36 bits per heavy atom. The number of rotatable bonds is 2. The third-order valence-corrected chi connectivity index (χ3v) is 1.68. The quantitative estimate of drug-likeness (QED) is 0.585. The van der Waals surface area contributed by atoms with Crippen molar-refractivity contribution in [1.82, 2.24) is 9.97 Å². The first-order valence-corrected chi connectivity index (χ1v) is 5.35. The van der Waals surface area contributed by atoms with Crippen LogP contribution in [0.5, 0.6) is 0 Å². The topological polar surface area (TPSA) is 80.2 Å². The summed E-state index contributed by atoms with van der Waals surface area (Å²) < 4.78 is 27.3. The molecule has 78 valence electrons. The first-order valence-electron chi connectivity index (χ1n) is 3.74. The molecule has 0 spiro atoms. The first-order chi connectivity index (χ1) is 6.45. The maximum absolute atomic E-state index is 9.72. The van der Waals surface area contributed by atoms with Gasteiger partial charge in [-0.2, -0.15) is 8.42 Å². The van der Waals surface area contributed by atoms with Gasteiger partial charge in [-0.25, -0.2) is 0 Å². The highest BCUT2D eigenvalue weighted by Gasteiger charge is 1.95. The Bertz CT molecular complexity index is 361. The fourth-order valence-corrected chi connectivity index (χ4v) is 0.820. The number of nitrogens with zero attached hydrogens (tertiary/aromatic N) is 2. The molecule has 1 aromatic heterocycles. The minimum absolute atomic E-state index is 0.368. The molecule has 6 heteroatoms. The second-order valence-corrected chi connectivity index (χ2v) is 3.88. The van der Waals surface area contributed by atoms with Gasteiger partial charge in [-0.05, 0) is 6.92 Å². The predicted molar refractivity (Wildman–Crippen MR) is 53.4 cm³/mol. The molecular formula is C8H12N2O3S. The number of hydrogen-bond donors (Lipinski definition) is 1. The van der Waals surface area contributed by atoms with E-state index in [0.717, 1.165) is 11.8 Å². The fraction of sp³-hybridized carbons (Fsp3) is 0.250. The number of aromatic nitrogens is 2. The first kappa shape index (κ1) is 12.7. The van der Waals surface area contributed by atoms with Crippen LogP contribution in [-0.4, -0.2) is 28.7 Å². The lowest BCUT2D eigenvalue weighted by molar-refractivity contribution is 0.487. The van der Waals surface area contributed by atoms with Gasteiger partial charge in [0.2, 0.25) is 0 Å². The molecule has 0 aliphatic carbocycles. The van der Waals surface area contributed by atoms with Crippen LogP contribution < -0.4 is 0 Å². The molecule has 1 aromatic rings. The van der Waals surface area contributed by atoms with E-state index >= 15 is 0 Å². The molecule has 1 rings (SSSR count). The van der Waals surface area contributed by atoms with Crippen molar-refractivity contribution in [1.29, 1.82) is 0 Å². The molecule has 0 aliphatic rings. The largest absolute Gasteiger partial charge is 0.285 e. The lowest BCUT2D eigenvalue weighted by Crippen LogP contribution is -1.99. The van der Waals surface area contributed by atoms with Crippen molar-refractivity contribution in [2.24, 2.45) is 0 Å². The molecule has 0 radical (unpaired) electrons. The summed E-state index contributed by atoms with van der Waals surface area (Å²) in [6.07, 6.45) is 6.18. The molecule has 0 bridgehead atoms. The summed E-state index contributed by atoms with van der Waals surface area (Å²) >= 11 is 0.